The molecule has 1 amide bonds. The molecule has 0 aliphatic heterocycles. The molecule has 2 N–H and O–H groups in total. The summed E-state index contributed by atoms with van der Waals surface area (Å²) in [5, 5.41) is 10.8. The highest BCUT2D eigenvalue weighted by Crippen LogP contribution is 2.14. The molecule has 9 heteroatoms. The predicted octanol–water partition coefficient (Wildman–Crippen LogP) is 1.30. The summed E-state index contributed by atoms with van der Waals surface area (Å²) in [4.78, 5) is 25.6. The van der Waals surface area contributed by atoms with E-state index in [4.69, 9.17) is 5.11 Å². The SMILES string of the molecule is O=C(COCC(F)(F)F)Nc1ncccc1C(=O)O. The maximum absolute atomic E-state index is 11.8. The number of aromatic carboxylic acids is 1. The number of carboxylic acids is 1. The fourth-order valence-electron chi connectivity index (χ4n) is 1.11. The van der Waals surface area contributed by atoms with Crippen LogP contribution in [0.4, 0.5) is 19.0 Å². The van der Waals surface area contributed by atoms with Gasteiger partial charge in [-0.25, -0.2) is 9.78 Å². The third-order valence-electron chi connectivity index (χ3n) is 1.79. The summed E-state index contributed by atoms with van der Waals surface area (Å²) in [5.74, 6) is -2.50. The molecule has 1 rings (SSSR count). The van der Waals surface area contributed by atoms with Gasteiger partial charge in [0.15, 0.2) is 0 Å². The summed E-state index contributed by atoms with van der Waals surface area (Å²) in [7, 11) is 0. The van der Waals surface area contributed by atoms with Gasteiger partial charge in [-0.1, -0.05) is 0 Å². The maximum atomic E-state index is 11.8. The van der Waals surface area contributed by atoms with E-state index in [1.165, 1.54) is 18.3 Å². The zero-order valence-electron chi connectivity index (χ0n) is 9.40. The van der Waals surface area contributed by atoms with Crippen molar-refractivity contribution >= 4 is 17.7 Å². The van der Waals surface area contributed by atoms with E-state index in [9.17, 15) is 22.8 Å². The van der Waals surface area contributed by atoms with Gasteiger partial charge in [0, 0.05) is 6.20 Å². The first-order chi connectivity index (χ1) is 8.79. The molecule has 0 unspecified atom stereocenters. The molecule has 0 saturated carbocycles. The van der Waals surface area contributed by atoms with Crippen molar-refractivity contribution in [3.05, 3.63) is 23.9 Å². The van der Waals surface area contributed by atoms with Crippen LogP contribution in [0.2, 0.25) is 0 Å². The van der Waals surface area contributed by atoms with Gasteiger partial charge in [-0.2, -0.15) is 13.2 Å². The minimum absolute atomic E-state index is 0.254. The fourth-order valence-corrected chi connectivity index (χ4v) is 1.11. The van der Waals surface area contributed by atoms with E-state index in [0.29, 0.717) is 0 Å². The van der Waals surface area contributed by atoms with Crippen LogP contribution in [-0.4, -0.2) is 41.4 Å². The highest BCUT2D eigenvalue weighted by molar-refractivity contribution is 5.99. The van der Waals surface area contributed by atoms with E-state index in [1.54, 1.807) is 0 Å². The Labute approximate surface area is 105 Å². The average Bonchev–Trinajstić information content (AvgIpc) is 2.27. The number of carbonyl (C=O) groups is 2. The Hall–Kier alpha value is -2.16. The number of nitrogens with one attached hydrogen (secondary N) is 1. The Morgan fingerprint density at radius 3 is 2.68 bits per heavy atom. The molecule has 0 radical (unpaired) electrons. The molecule has 0 saturated heterocycles. The van der Waals surface area contributed by atoms with Crippen molar-refractivity contribution in [1.82, 2.24) is 4.98 Å². The van der Waals surface area contributed by atoms with E-state index in [1.807, 2.05) is 0 Å². The summed E-state index contributed by atoms with van der Waals surface area (Å²) in [5.41, 5.74) is -0.272. The lowest BCUT2D eigenvalue weighted by molar-refractivity contribution is -0.174. The molecule has 0 atom stereocenters. The van der Waals surface area contributed by atoms with Crippen molar-refractivity contribution in [1.29, 1.82) is 0 Å². The monoisotopic (exact) mass is 278 g/mol. The zero-order chi connectivity index (χ0) is 14.5. The Kier molecular flexibility index (Phi) is 4.81. The molecule has 19 heavy (non-hydrogen) atoms. The minimum Gasteiger partial charge on any atom is -0.478 e. The number of anilines is 1. The van der Waals surface area contributed by atoms with Crippen molar-refractivity contribution in [2.24, 2.45) is 0 Å². The van der Waals surface area contributed by atoms with E-state index in [-0.39, 0.29) is 11.4 Å². The molecule has 0 aliphatic carbocycles. The molecule has 1 aromatic heterocycles. The largest absolute Gasteiger partial charge is 0.478 e. The van der Waals surface area contributed by atoms with E-state index in [2.05, 4.69) is 15.0 Å². The summed E-state index contributed by atoms with van der Waals surface area (Å²) in [6.45, 7) is -2.41. The van der Waals surface area contributed by atoms with Gasteiger partial charge < -0.3 is 15.2 Å². The van der Waals surface area contributed by atoms with Gasteiger partial charge in [0.05, 0.1) is 0 Å². The number of carbonyl (C=O) groups excluding carboxylic acids is 1. The molecular formula is C10H9F3N2O4. The second kappa shape index (κ2) is 6.14. The van der Waals surface area contributed by atoms with Crippen molar-refractivity contribution in [2.75, 3.05) is 18.5 Å². The van der Waals surface area contributed by atoms with Gasteiger partial charge in [-0.15, -0.1) is 0 Å². The van der Waals surface area contributed by atoms with Crippen LogP contribution < -0.4 is 5.32 Å². The number of alkyl halides is 3. The number of hydrogen-bond donors (Lipinski definition) is 2. The summed E-state index contributed by atoms with van der Waals surface area (Å²) < 4.78 is 39.4. The van der Waals surface area contributed by atoms with E-state index < -0.39 is 31.3 Å². The quantitative estimate of drug-likeness (QED) is 0.847. The highest BCUT2D eigenvalue weighted by atomic mass is 19.4. The van der Waals surface area contributed by atoms with Crippen LogP contribution in [0, 0.1) is 0 Å². The number of halogens is 3. The Bertz CT molecular complexity index is 476. The van der Waals surface area contributed by atoms with Crippen LogP contribution in [0.5, 0.6) is 0 Å². The smallest absolute Gasteiger partial charge is 0.411 e. The minimum atomic E-state index is -4.53. The lowest BCUT2D eigenvalue weighted by Gasteiger charge is -2.09. The van der Waals surface area contributed by atoms with Gasteiger partial charge in [0.1, 0.15) is 24.6 Å². The number of ether oxygens (including phenoxy) is 1. The number of rotatable bonds is 5. The zero-order valence-corrected chi connectivity index (χ0v) is 9.40. The molecule has 0 aromatic carbocycles. The molecule has 0 aliphatic rings. The summed E-state index contributed by atoms with van der Waals surface area (Å²) in [6, 6.07) is 2.54. The lowest BCUT2D eigenvalue weighted by atomic mass is 10.2. The molecule has 1 aromatic rings. The first kappa shape index (κ1) is 14.9. The topological polar surface area (TPSA) is 88.5 Å². The van der Waals surface area contributed by atoms with Crippen LogP contribution in [0.3, 0.4) is 0 Å². The number of nitrogens with zero attached hydrogens (tertiary/aromatic N) is 1. The molecule has 104 valence electrons. The fraction of sp³-hybridized carbons (Fsp3) is 0.300. The first-order valence-corrected chi connectivity index (χ1v) is 4.92. The summed E-state index contributed by atoms with van der Waals surface area (Å²) in [6.07, 6.45) is -3.30. The third-order valence-corrected chi connectivity index (χ3v) is 1.79. The van der Waals surface area contributed by atoms with Crippen molar-refractivity contribution < 1.29 is 32.6 Å². The molecule has 0 spiro atoms. The summed E-state index contributed by atoms with van der Waals surface area (Å²) >= 11 is 0. The van der Waals surface area contributed by atoms with Gasteiger partial charge in [0.2, 0.25) is 0 Å². The number of amides is 1. The van der Waals surface area contributed by atoms with Gasteiger partial charge in [-0.3, -0.25) is 4.79 Å². The Morgan fingerprint density at radius 1 is 1.42 bits per heavy atom. The van der Waals surface area contributed by atoms with E-state index >= 15 is 0 Å². The Balaban J connectivity index is 2.56. The van der Waals surface area contributed by atoms with Crippen LogP contribution in [0.1, 0.15) is 10.4 Å². The number of aromatic nitrogens is 1. The third kappa shape index (κ3) is 5.34. The second-order valence-corrected chi connectivity index (χ2v) is 3.36. The standard InChI is InChI=1S/C10H9F3N2O4/c11-10(12,13)5-19-4-7(16)15-8-6(9(17)18)2-1-3-14-8/h1-3H,4-5H2,(H,17,18)(H,14,15,16). The van der Waals surface area contributed by atoms with Crippen molar-refractivity contribution in [2.45, 2.75) is 6.18 Å². The van der Waals surface area contributed by atoms with Crippen LogP contribution in [0.25, 0.3) is 0 Å². The molecular weight excluding hydrogens is 269 g/mol. The van der Waals surface area contributed by atoms with Crippen molar-refractivity contribution in [3.8, 4) is 0 Å². The van der Waals surface area contributed by atoms with Crippen LogP contribution >= 0.6 is 0 Å². The van der Waals surface area contributed by atoms with Crippen molar-refractivity contribution in [3.63, 3.8) is 0 Å². The van der Waals surface area contributed by atoms with Crippen LogP contribution in [0.15, 0.2) is 18.3 Å². The maximum Gasteiger partial charge on any atom is 0.411 e. The van der Waals surface area contributed by atoms with E-state index in [0.717, 1.165) is 0 Å². The highest BCUT2D eigenvalue weighted by Gasteiger charge is 2.27. The second-order valence-electron chi connectivity index (χ2n) is 3.36. The lowest BCUT2D eigenvalue weighted by Crippen LogP contribution is -2.25. The molecule has 0 fully saturated rings. The normalized spacial score (nSPS) is 11.1. The molecule has 0 bridgehead atoms. The van der Waals surface area contributed by atoms with Gasteiger partial charge in [0.25, 0.3) is 5.91 Å². The number of hydrogen-bond acceptors (Lipinski definition) is 4. The molecule has 1 heterocycles. The molecule has 6 nitrogen and oxygen atoms in total. The predicted molar refractivity (Wildman–Crippen MR) is 56.7 cm³/mol. The Morgan fingerprint density at radius 2 is 2.11 bits per heavy atom. The van der Waals surface area contributed by atoms with Crippen LogP contribution in [-0.2, 0) is 9.53 Å². The first-order valence-electron chi connectivity index (χ1n) is 4.92. The van der Waals surface area contributed by atoms with Gasteiger partial charge >= 0.3 is 12.1 Å². The number of carboxylic acid groups (broad SMARTS) is 1. The number of pyridine rings is 1. The van der Waals surface area contributed by atoms with Gasteiger partial charge in [-0.05, 0) is 12.1 Å². The average molecular weight is 278 g/mol.